The maximum Gasteiger partial charge on any atom is 0.139 e. The molecule has 0 spiro atoms. The number of benzene rings is 2. The molecule has 1 aromatic heterocycles. The number of aromatic nitrogens is 1. The van der Waals surface area contributed by atoms with Crippen molar-refractivity contribution in [3.63, 3.8) is 0 Å². The maximum absolute atomic E-state index is 8.88. The fraction of sp³-hybridized carbons (Fsp3) is 0.133. The Bertz CT molecular complexity index is 668. The van der Waals surface area contributed by atoms with Crippen LogP contribution in [0.2, 0.25) is 0 Å². The minimum Gasteiger partial charge on any atom is -0.396 e. The van der Waals surface area contributed by atoms with Gasteiger partial charge in [-0.25, -0.2) is 0 Å². The summed E-state index contributed by atoms with van der Waals surface area (Å²) in [6.07, 6.45) is 0.498. The van der Waals surface area contributed by atoms with Crippen molar-refractivity contribution in [2.24, 2.45) is 0 Å². The monoisotopic (exact) mass is 239 g/mol. The number of rotatable bonds is 3. The molecule has 0 aliphatic heterocycles. The van der Waals surface area contributed by atoms with Crippen LogP contribution in [0.1, 0.15) is 5.76 Å². The maximum atomic E-state index is 8.88. The zero-order valence-electron chi connectivity index (χ0n) is 9.84. The lowest BCUT2D eigenvalue weighted by atomic mass is 10.0. The van der Waals surface area contributed by atoms with Crippen molar-refractivity contribution >= 4 is 10.8 Å². The molecule has 90 valence electrons. The quantitative estimate of drug-likeness (QED) is 0.764. The lowest BCUT2D eigenvalue weighted by molar-refractivity contribution is 0.277. The van der Waals surface area contributed by atoms with Crippen LogP contribution in [0.15, 0.2) is 53.1 Å². The summed E-state index contributed by atoms with van der Waals surface area (Å²) < 4.78 is 5.20. The van der Waals surface area contributed by atoms with Crippen LogP contribution in [0.5, 0.6) is 0 Å². The molecule has 0 bridgehead atoms. The lowest BCUT2D eigenvalue weighted by Crippen LogP contribution is -1.86. The molecule has 3 aromatic rings. The Morgan fingerprint density at radius 1 is 1.06 bits per heavy atom. The lowest BCUT2D eigenvalue weighted by Gasteiger charge is -2.02. The summed E-state index contributed by atoms with van der Waals surface area (Å²) in [4.78, 5) is 0. The van der Waals surface area contributed by atoms with Crippen molar-refractivity contribution in [1.82, 2.24) is 5.16 Å². The van der Waals surface area contributed by atoms with Gasteiger partial charge < -0.3 is 9.63 Å². The van der Waals surface area contributed by atoms with E-state index in [4.69, 9.17) is 9.63 Å². The van der Waals surface area contributed by atoms with Gasteiger partial charge in [-0.15, -0.1) is 0 Å². The van der Waals surface area contributed by atoms with Gasteiger partial charge in [-0.05, 0) is 10.8 Å². The van der Waals surface area contributed by atoms with E-state index in [-0.39, 0.29) is 6.61 Å². The van der Waals surface area contributed by atoms with Crippen molar-refractivity contribution in [2.75, 3.05) is 6.61 Å². The van der Waals surface area contributed by atoms with Gasteiger partial charge in [0.1, 0.15) is 11.5 Å². The highest BCUT2D eigenvalue weighted by atomic mass is 16.5. The molecule has 0 aliphatic carbocycles. The van der Waals surface area contributed by atoms with Gasteiger partial charge in [0.2, 0.25) is 0 Å². The Labute approximate surface area is 105 Å². The summed E-state index contributed by atoms with van der Waals surface area (Å²) >= 11 is 0. The standard InChI is InChI=1S/C15H13NO2/c17-9-8-12-10-15(16-18-12)14-7-3-5-11-4-1-2-6-13(11)14/h1-7,10,17H,8-9H2. The molecule has 1 N–H and O–H groups in total. The molecule has 1 heterocycles. The third-order valence-corrected chi connectivity index (χ3v) is 2.98. The first-order valence-corrected chi connectivity index (χ1v) is 5.93. The molecule has 18 heavy (non-hydrogen) atoms. The van der Waals surface area contributed by atoms with Crippen LogP contribution in [0, 0.1) is 0 Å². The molecular weight excluding hydrogens is 226 g/mol. The van der Waals surface area contributed by atoms with Gasteiger partial charge in [0.15, 0.2) is 0 Å². The SMILES string of the molecule is OCCc1cc(-c2cccc3ccccc23)no1. The van der Waals surface area contributed by atoms with Crippen LogP contribution in [-0.4, -0.2) is 16.9 Å². The van der Waals surface area contributed by atoms with Gasteiger partial charge >= 0.3 is 0 Å². The topological polar surface area (TPSA) is 46.3 Å². The first kappa shape index (κ1) is 11.0. The molecule has 3 nitrogen and oxygen atoms in total. The van der Waals surface area contributed by atoms with E-state index in [1.807, 2.05) is 30.3 Å². The first-order valence-electron chi connectivity index (χ1n) is 5.93. The molecule has 3 heteroatoms. The number of fused-ring (bicyclic) bond motifs is 1. The Kier molecular flexibility index (Phi) is 2.82. The van der Waals surface area contributed by atoms with Gasteiger partial charge in [-0.1, -0.05) is 47.6 Å². The molecule has 0 amide bonds. The van der Waals surface area contributed by atoms with Crippen molar-refractivity contribution in [2.45, 2.75) is 6.42 Å². The largest absolute Gasteiger partial charge is 0.396 e. The molecule has 0 aliphatic rings. The summed E-state index contributed by atoms with van der Waals surface area (Å²) in [6, 6.07) is 16.2. The number of aliphatic hydroxyl groups excluding tert-OH is 1. The van der Waals surface area contributed by atoms with E-state index in [0.29, 0.717) is 12.2 Å². The average Bonchev–Trinajstić information content (AvgIpc) is 2.87. The van der Waals surface area contributed by atoms with Crippen molar-refractivity contribution in [3.8, 4) is 11.3 Å². The third kappa shape index (κ3) is 1.89. The van der Waals surface area contributed by atoms with Gasteiger partial charge in [0.05, 0.1) is 6.61 Å². The van der Waals surface area contributed by atoms with Gasteiger partial charge in [-0.2, -0.15) is 0 Å². The summed E-state index contributed by atoms with van der Waals surface area (Å²) in [5, 5.41) is 15.3. The third-order valence-electron chi connectivity index (χ3n) is 2.98. The minimum absolute atomic E-state index is 0.0736. The number of nitrogens with zero attached hydrogens (tertiary/aromatic N) is 1. The molecule has 0 radical (unpaired) electrons. The van der Waals surface area contributed by atoms with Crippen molar-refractivity contribution < 1.29 is 9.63 Å². The Morgan fingerprint density at radius 2 is 1.89 bits per heavy atom. The fourth-order valence-corrected chi connectivity index (χ4v) is 2.12. The Morgan fingerprint density at radius 3 is 2.78 bits per heavy atom. The molecule has 0 fully saturated rings. The minimum atomic E-state index is 0.0736. The molecule has 0 saturated carbocycles. The normalized spacial score (nSPS) is 10.9. The van der Waals surface area contributed by atoms with Crippen molar-refractivity contribution in [1.29, 1.82) is 0 Å². The van der Waals surface area contributed by atoms with Crippen LogP contribution in [0.25, 0.3) is 22.0 Å². The second kappa shape index (κ2) is 4.63. The Balaban J connectivity index is 2.12. The summed E-state index contributed by atoms with van der Waals surface area (Å²) in [5.74, 6) is 0.709. The predicted octanol–water partition coefficient (Wildman–Crippen LogP) is 3.03. The van der Waals surface area contributed by atoms with Crippen LogP contribution >= 0.6 is 0 Å². The van der Waals surface area contributed by atoms with E-state index in [1.54, 1.807) is 0 Å². The van der Waals surface area contributed by atoms with Crippen LogP contribution in [0.4, 0.5) is 0 Å². The average molecular weight is 239 g/mol. The van der Waals surface area contributed by atoms with Crippen LogP contribution < -0.4 is 0 Å². The Hall–Kier alpha value is -2.13. The molecular formula is C15H13NO2. The molecule has 0 unspecified atom stereocenters. The highest BCUT2D eigenvalue weighted by molar-refractivity contribution is 5.95. The van der Waals surface area contributed by atoms with Gasteiger partial charge in [0, 0.05) is 18.1 Å². The predicted molar refractivity (Wildman–Crippen MR) is 70.2 cm³/mol. The highest BCUT2D eigenvalue weighted by Crippen LogP contribution is 2.28. The first-order chi connectivity index (χ1) is 8.88. The van der Waals surface area contributed by atoms with E-state index in [1.165, 1.54) is 5.39 Å². The summed E-state index contributed by atoms with van der Waals surface area (Å²) in [5.41, 5.74) is 1.87. The fourth-order valence-electron chi connectivity index (χ4n) is 2.12. The molecule has 2 aromatic carbocycles. The molecule has 0 saturated heterocycles. The van der Waals surface area contributed by atoms with E-state index in [9.17, 15) is 0 Å². The summed E-state index contributed by atoms with van der Waals surface area (Å²) in [6.45, 7) is 0.0736. The number of hydrogen-bond donors (Lipinski definition) is 1. The van der Waals surface area contributed by atoms with E-state index in [0.717, 1.165) is 16.6 Å². The smallest absolute Gasteiger partial charge is 0.139 e. The second-order valence-electron chi connectivity index (χ2n) is 4.18. The van der Waals surface area contributed by atoms with Crippen LogP contribution in [0.3, 0.4) is 0 Å². The zero-order chi connectivity index (χ0) is 12.4. The number of hydrogen-bond acceptors (Lipinski definition) is 3. The molecule has 0 atom stereocenters. The van der Waals surface area contributed by atoms with E-state index in [2.05, 4.69) is 23.4 Å². The van der Waals surface area contributed by atoms with Crippen molar-refractivity contribution in [3.05, 3.63) is 54.3 Å². The highest BCUT2D eigenvalue weighted by Gasteiger charge is 2.08. The van der Waals surface area contributed by atoms with E-state index < -0.39 is 0 Å². The summed E-state index contributed by atoms with van der Waals surface area (Å²) in [7, 11) is 0. The zero-order valence-corrected chi connectivity index (χ0v) is 9.84. The van der Waals surface area contributed by atoms with Gasteiger partial charge in [-0.3, -0.25) is 0 Å². The van der Waals surface area contributed by atoms with Gasteiger partial charge in [0.25, 0.3) is 0 Å². The molecule has 3 rings (SSSR count). The van der Waals surface area contributed by atoms with Crippen LogP contribution in [-0.2, 0) is 6.42 Å². The van der Waals surface area contributed by atoms with E-state index >= 15 is 0 Å². The number of aliphatic hydroxyl groups is 1. The second-order valence-corrected chi connectivity index (χ2v) is 4.18.